The van der Waals surface area contributed by atoms with E-state index in [1.165, 1.54) is 6.07 Å². The van der Waals surface area contributed by atoms with Crippen molar-refractivity contribution >= 4 is 28.7 Å². The smallest absolute Gasteiger partial charge is 0.169 e. The molecule has 0 aliphatic heterocycles. The molecule has 0 unspecified atom stereocenters. The number of aromatic nitrogens is 2. The van der Waals surface area contributed by atoms with Crippen LogP contribution in [0.15, 0.2) is 18.5 Å². The molecule has 0 amide bonds. The molecule has 0 saturated carbocycles. The van der Waals surface area contributed by atoms with Gasteiger partial charge in [0.25, 0.3) is 0 Å². The third-order valence-corrected chi connectivity index (χ3v) is 2.67. The molecule has 0 saturated heterocycles. The number of nitrogens with two attached hydrogens (primary N) is 2. The normalized spacial score (nSPS) is 10.5. The molecule has 2 aromatic rings. The predicted molar refractivity (Wildman–Crippen MR) is 66.1 cm³/mol. The number of nitrogens with one attached hydrogen (secondary N) is 2. The van der Waals surface area contributed by atoms with Gasteiger partial charge in [-0.2, -0.15) is 5.10 Å². The van der Waals surface area contributed by atoms with Gasteiger partial charge < -0.3 is 16.8 Å². The van der Waals surface area contributed by atoms with Crippen LogP contribution in [0.3, 0.4) is 0 Å². The van der Waals surface area contributed by atoms with E-state index in [9.17, 15) is 4.39 Å². The van der Waals surface area contributed by atoms with Crippen molar-refractivity contribution in [3.05, 3.63) is 34.9 Å². The van der Waals surface area contributed by atoms with Crippen LogP contribution in [0, 0.1) is 5.82 Å². The number of rotatable bonds is 3. The number of nitrogen functional groups attached to an aromatic ring is 2. The second-order valence-electron chi connectivity index (χ2n) is 3.52. The van der Waals surface area contributed by atoms with Crippen LogP contribution in [-0.4, -0.2) is 10.2 Å². The molecule has 1 heterocycles. The molecule has 1 aromatic carbocycles. The highest BCUT2D eigenvalue weighted by atomic mass is 35.5. The number of hydrogen-bond donors (Lipinski definition) is 4. The fourth-order valence-electron chi connectivity index (χ4n) is 1.41. The molecule has 90 valence electrons. The maximum atomic E-state index is 13.8. The minimum Gasteiger partial charge on any atom is -0.397 e. The average Bonchev–Trinajstić information content (AvgIpc) is 2.79. The third-order valence-electron chi connectivity index (χ3n) is 2.29. The molecule has 0 aliphatic rings. The summed E-state index contributed by atoms with van der Waals surface area (Å²) in [5.74, 6) is -0.646. The first-order valence-corrected chi connectivity index (χ1v) is 5.22. The number of halogens is 2. The lowest BCUT2D eigenvalue weighted by atomic mass is 10.2. The standard InChI is InChI=1S/C10H11ClFN5/c11-8-6(13)1-7(14)10(9(8)12)15-2-5-3-16-17-4-5/h1,3-4,15H,2,13-14H2,(H,16,17). The second-order valence-corrected chi connectivity index (χ2v) is 3.90. The van der Waals surface area contributed by atoms with Gasteiger partial charge in [0.05, 0.1) is 23.3 Å². The van der Waals surface area contributed by atoms with Gasteiger partial charge >= 0.3 is 0 Å². The first-order chi connectivity index (χ1) is 8.09. The zero-order chi connectivity index (χ0) is 12.4. The summed E-state index contributed by atoms with van der Waals surface area (Å²) in [5, 5.41) is 9.15. The van der Waals surface area contributed by atoms with Gasteiger partial charge in [0.1, 0.15) is 5.02 Å². The van der Waals surface area contributed by atoms with Crippen LogP contribution in [0.1, 0.15) is 5.56 Å². The SMILES string of the molecule is Nc1cc(N)c(NCc2cn[nH]c2)c(F)c1Cl. The summed E-state index contributed by atoms with van der Waals surface area (Å²) in [6.45, 7) is 0.387. The van der Waals surface area contributed by atoms with Gasteiger partial charge in [-0.1, -0.05) is 11.6 Å². The molecular formula is C10H11ClFN5. The summed E-state index contributed by atoms with van der Waals surface area (Å²) in [5.41, 5.74) is 12.5. The van der Waals surface area contributed by atoms with E-state index in [0.717, 1.165) is 5.56 Å². The van der Waals surface area contributed by atoms with Gasteiger partial charge in [0.15, 0.2) is 5.82 Å². The average molecular weight is 256 g/mol. The lowest BCUT2D eigenvalue weighted by molar-refractivity contribution is 0.632. The highest BCUT2D eigenvalue weighted by molar-refractivity contribution is 6.33. The lowest BCUT2D eigenvalue weighted by Crippen LogP contribution is -2.06. The second kappa shape index (κ2) is 4.50. The van der Waals surface area contributed by atoms with Crippen molar-refractivity contribution in [1.29, 1.82) is 0 Å². The molecule has 0 aliphatic carbocycles. The van der Waals surface area contributed by atoms with E-state index < -0.39 is 5.82 Å². The van der Waals surface area contributed by atoms with Crippen molar-refractivity contribution in [3.63, 3.8) is 0 Å². The van der Waals surface area contributed by atoms with E-state index in [4.69, 9.17) is 23.1 Å². The molecule has 0 radical (unpaired) electrons. The molecule has 5 nitrogen and oxygen atoms in total. The first-order valence-electron chi connectivity index (χ1n) is 4.84. The topological polar surface area (TPSA) is 92.8 Å². The minimum absolute atomic E-state index is 0.121. The summed E-state index contributed by atoms with van der Waals surface area (Å²) in [7, 11) is 0. The van der Waals surface area contributed by atoms with Gasteiger partial charge in [0.2, 0.25) is 0 Å². The Morgan fingerprint density at radius 1 is 1.41 bits per heavy atom. The van der Waals surface area contributed by atoms with Crippen molar-refractivity contribution in [3.8, 4) is 0 Å². The Bertz CT molecular complexity index is 526. The molecule has 0 spiro atoms. The molecular weight excluding hydrogens is 245 g/mol. The van der Waals surface area contributed by atoms with Crippen LogP contribution in [0.5, 0.6) is 0 Å². The van der Waals surface area contributed by atoms with Gasteiger partial charge in [-0.25, -0.2) is 4.39 Å². The first kappa shape index (κ1) is 11.5. The lowest BCUT2D eigenvalue weighted by Gasteiger charge is -2.12. The van der Waals surface area contributed by atoms with E-state index in [2.05, 4.69) is 15.5 Å². The van der Waals surface area contributed by atoms with Crippen LogP contribution in [0.4, 0.5) is 21.5 Å². The molecule has 0 fully saturated rings. The number of hydrogen-bond acceptors (Lipinski definition) is 4. The molecule has 1 aromatic heterocycles. The largest absolute Gasteiger partial charge is 0.397 e. The fourth-order valence-corrected chi connectivity index (χ4v) is 1.56. The Morgan fingerprint density at radius 3 is 2.82 bits per heavy atom. The zero-order valence-corrected chi connectivity index (χ0v) is 9.55. The highest BCUT2D eigenvalue weighted by Crippen LogP contribution is 2.33. The van der Waals surface area contributed by atoms with Crippen LogP contribution in [-0.2, 0) is 6.54 Å². The van der Waals surface area contributed by atoms with E-state index >= 15 is 0 Å². The Labute approximate surface area is 102 Å². The summed E-state index contributed by atoms with van der Waals surface area (Å²) < 4.78 is 13.8. The predicted octanol–water partition coefficient (Wildman–Crippen LogP) is 1.98. The maximum Gasteiger partial charge on any atom is 0.169 e. The Balaban J connectivity index is 2.24. The molecule has 7 heteroatoms. The van der Waals surface area contributed by atoms with Crippen LogP contribution >= 0.6 is 11.6 Å². The molecule has 0 bridgehead atoms. The minimum atomic E-state index is -0.646. The van der Waals surface area contributed by atoms with Gasteiger partial charge in [-0.3, -0.25) is 5.10 Å². The van der Waals surface area contributed by atoms with Gasteiger partial charge in [0, 0.05) is 18.3 Å². The van der Waals surface area contributed by atoms with Crippen molar-refractivity contribution in [2.75, 3.05) is 16.8 Å². The Hall–Kier alpha value is -1.95. The molecule has 6 N–H and O–H groups in total. The van der Waals surface area contributed by atoms with E-state index in [0.29, 0.717) is 6.54 Å². The number of aromatic amines is 1. The number of benzene rings is 1. The number of nitrogens with zero attached hydrogens (tertiary/aromatic N) is 1. The maximum absolute atomic E-state index is 13.8. The summed E-state index contributed by atoms with van der Waals surface area (Å²) >= 11 is 5.70. The molecule has 2 rings (SSSR count). The molecule has 0 atom stereocenters. The van der Waals surface area contributed by atoms with E-state index in [-0.39, 0.29) is 22.1 Å². The summed E-state index contributed by atoms with van der Waals surface area (Å²) in [6, 6.07) is 1.42. The summed E-state index contributed by atoms with van der Waals surface area (Å²) in [6.07, 6.45) is 3.32. The van der Waals surface area contributed by atoms with Gasteiger partial charge in [-0.05, 0) is 6.07 Å². The molecule has 17 heavy (non-hydrogen) atoms. The van der Waals surface area contributed by atoms with E-state index in [1.54, 1.807) is 12.4 Å². The Morgan fingerprint density at radius 2 is 2.18 bits per heavy atom. The quantitative estimate of drug-likeness (QED) is 0.631. The van der Waals surface area contributed by atoms with Crippen molar-refractivity contribution < 1.29 is 4.39 Å². The Kier molecular flexibility index (Phi) is 3.06. The monoisotopic (exact) mass is 255 g/mol. The van der Waals surface area contributed by atoms with E-state index in [1.807, 2.05) is 0 Å². The number of anilines is 3. The van der Waals surface area contributed by atoms with Crippen LogP contribution < -0.4 is 16.8 Å². The highest BCUT2D eigenvalue weighted by Gasteiger charge is 2.13. The van der Waals surface area contributed by atoms with Gasteiger partial charge in [-0.15, -0.1) is 0 Å². The fraction of sp³-hybridized carbons (Fsp3) is 0.100. The van der Waals surface area contributed by atoms with Crippen molar-refractivity contribution in [2.45, 2.75) is 6.54 Å². The van der Waals surface area contributed by atoms with Crippen LogP contribution in [0.25, 0.3) is 0 Å². The summed E-state index contributed by atoms with van der Waals surface area (Å²) in [4.78, 5) is 0. The third kappa shape index (κ3) is 2.26. The zero-order valence-electron chi connectivity index (χ0n) is 8.80. The van der Waals surface area contributed by atoms with Crippen LogP contribution in [0.2, 0.25) is 5.02 Å². The van der Waals surface area contributed by atoms with Crippen molar-refractivity contribution in [2.24, 2.45) is 0 Å². The number of H-pyrrole nitrogens is 1. The van der Waals surface area contributed by atoms with Crippen molar-refractivity contribution in [1.82, 2.24) is 10.2 Å².